The number of hydroxylamine groups is 2. The van der Waals surface area contributed by atoms with E-state index in [2.05, 4.69) is 21.4 Å². The van der Waals surface area contributed by atoms with E-state index in [0.29, 0.717) is 35.7 Å². The first-order valence-corrected chi connectivity index (χ1v) is 11.9. The summed E-state index contributed by atoms with van der Waals surface area (Å²) in [6, 6.07) is 7.23. The second-order valence-electron chi connectivity index (χ2n) is 9.24. The van der Waals surface area contributed by atoms with Crippen molar-refractivity contribution in [3.8, 4) is 16.9 Å². The predicted octanol–water partition coefficient (Wildman–Crippen LogP) is 2.80. The number of nitrogens with two attached hydrogens (primary N) is 1. The van der Waals surface area contributed by atoms with Crippen LogP contribution in [0.4, 0.5) is 19.0 Å². The minimum Gasteiger partial charge on any atom is -0.487 e. The number of ether oxygens (including phenoxy) is 1. The number of anilines is 1. The maximum Gasteiger partial charge on any atom is 0.492 e. The quantitative estimate of drug-likeness (QED) is 0.484. The van der Waals surface area contributed by atoms with Gasteiger partial charge in [0, 0.05) is 37.3 Å². The average molecular weight is 531 g/mol. The molecule has 1 amide bonds. The predicted molar refractivity (Wildman–Crippen MR) is 131 cm³/mol. The van der Waals surface area contributed by atoms with Crippen molar-refractivity contribution >= 4 is 28.7 Å². The third kappa shape index (κ3) is 4.64. The van der Waals surface area contributed by atoms with Crippen LogP contribution in [0.1, 0.15) is 18.0 Å². The fourth-order valence-corrected chi connectivity index (χ4v) is 4.99. The van der Waals surface area contributed by atoms with Gasteiger partial charge in [0.2, 0.25) is 5.91 Å². The number of nitrogen functional groups attached to an aromatic ring is 1. The standard InChI is InChI=1S/C25H25F3N6O4/c1-3-18(35)33-9-8-15(10-33)21-19(20-22(29)30-13-31-23(20)32(21)2)14-4-6-16(7-5-14)37-17-11-34(12-17)38-24(36)25(26,27)28/h3-7,13,15,17H,1,8-12H2,2H3,(H2,29,30,31). The molecule has 2 saturated heterocycles. The number of rotatable bonds is 6. The molecule has 1 aromatic carbocycles. The summed E-state index contributed by atoms with van der Waals surface area (Å²) in [4.78, 5) is 37.8. The molecule has 10 nitrogen and oxygen atoms in total. The molecule has 2 aliphatic heterocycles. The number of amides is 1. The van der Waals surface area contributed by atoms with Crippen molar-refractivity contribution in [2.24, 2.45) is 7.05 Å². The summed E-state index contributed by atoms with van der Waals surface area (Å²) in [7, 11) is 1.91. The SMILES string of the molecule is C=CC(=O)N1CCC(c2c(-c3ccc(OC4CN(OC(=O)C(F)(F)F)C4)cc3)c3c(N)ncnc3n2C)C1. The number of halogens is 3. The van der Waals surface area contributed by atoms with Gasteiger partial charge in [-0.05, 0) is 30.2 Å². The maximum absolute atomic E-state index is 12.3. The van der Waals surface area contributed by atoms with Crippen LogP contribution in [0.15, 0.2) is 43.2 Å². The van der Waals surface area contributed by atoms with E-state index in [1.807, 2.05) is 23.7 Å². The van der Waals surface area contributed by atoms with Crippen LogP contribution in [-0.2, 0) is 21.5 Å². The number of alkyl halides is 3. The molecule has 2 fully saturated rings. The van der Waals surface area contributed by atoms with Crippen molar-refractivity contribution in [2.45, 2.75) is 24.6 Å². The van der Waals surface area contributed by atoms with Gasteiger partial charge in [0.1, 0.15) is 29.6 Å². The average Bonchev–Trinajstić information content (AvgIpc) is 3.45. The van der Waals surface area contributed by atoms with Gasteiger partial charge in [-0.15, -0.1) is 5.06 Å². The third-order valence-electron chi connectivity index (χ3n) is 6.81. The molecule has 200 valence electrons. The van der Waals surface area contributed by atoms with E-state index in [-0.39, 0.29) is 24.9 Å². The number of aromatic nitrogens is 3. The third-order valence-corrected chi connectivity index (χ3v) is 6.81. The van der Waals surface area contributed by atoms with Gasteiger partial charge in [-0.1, -0.05) is 18.7 Å². The van der Waals surface area contributed by atoms with Crippen molar-refractivity contribution in [3.05, 3.63) is 48.9 Å². The highest BCUT2D eigenvalue weighted by atomic mass is 19.4. The molecule has 0 spiro atoms. The molecular formula is C25H25F3N6O4. The lowest BCUT2D eigenvalue weighted by Crippen LogP contribution is -2.55. The number of carbonyl (C=O) groups is 2. The number of nitrogens with zero attached hydrogens (tertiary/aromatic N) is 5. The smallest absolute Gasteiger partial charge is 0.487 e. The summed E-state index contributed by atoms with van der Waals surface area (Å²) in [5.74, 6) is -1.48. The first-order valence-electron chi connectivity index (χ1n) is 11.9. The summed E-state index contributed by atoms with van der Waals surface area (Å²) in [5, 5.41) is 1.62. The van der Waals surface area contributed by atoms with Crippen LogP contribution in [0.3, 0.4) is 0 Å². The summed E-state index contributed by atoms with van der Waals surface area (Å²) in [6.45, 7) is 4.77. The number of carbonyl (C=O) groups excluding carboxylic acids is 2. The van der Waals surface area contributed by atoms with Gasteiger partial charge >= 0.3 is 12.1 Å². The minimum absolute atomic E-state index is 0.0204. The Balaban J connectivity index is 1.37. The summed E-state index contributed by atoms with van der Waals surface area (Å²) in [5.41, 5.74) is 9.68. The van der Waals surface area contributed by atoms with Gasteiger partial charge in [-0.3, -0.25) is 4.79 Å². The Kier molecular flexibility index (Phi) is 6.47. The van der Waals surface area contributed by atoms with Gasteiger partial charge in [-0.2, -0.15) is 13.2 Å². The molecule has 38 heavy (non-hydrogen) atoms. The molecular weight excluding hydrogens is 505 g/mol. The topological polar surface area (TPSA) is 116 Å². The van der Waals surface area contributed by atoms with E-state index < -0.39 is 18.2 Å². The van der Waals surface area contributed by atoms with Gasteiger partial charge < -0.3 is 24.8 Å². The molecule has 3 aromatic rings. The van der Waals surface area contributed by atoms with Crippen LogP contribution < -0.4 is 10.5 Å². The molecule has 0 saturated carbocycles. The van der Waals surface area contributed by atoms with E-state index in [4.69, 9.17) is 10.5 Å². The maximum atomic E-state index is 12.3. The van der Waals surface area contributed by atoms with E-state index in [0.717, 1.165) is 28.3 Å². The zero-order valence-electron chi connectivity index (χ0n) is 20.4. The first-order chi connectivity index (χ1) is 18.1. The summed E-state index contributed by atoms with van der Waals surface area (Å²) < 4.78 is 44.8. The Morgan fingerprint density at radius 3 is 2.53 bits per heavy atom. The van der Waals surface area contributed by atoms with Crippen LogP contribution in [-0.4, -0.2) is 74.8 Å². The molecule has 5 rings (SSSR count). The van der Waals surface area contributed by atoms with Crippen molar-refractivity contribution in [2.75, 3.05) is 31.9 Å². The number of benzene rings is 1. The van der Waals surface area contributed by atoms with Crippen LogP contribution in [0, 0.1) is 0 Å². The molecule has 13 heteroatoms. The number of aryl methyl sites for hydroxylation is 1. The highest BCUT2D eigenvalue weighted by Crippen LogP contribution is 2.42. The van der Waals surface area contributed by atoms with Crippen molar-refractivity contribution in [3.63, 3.8) is 0 Å². The Morgan fingerprint density at radius 2 is 1.87 bits per heavy atom. The van der Waals surface area contributed by atoms with Crippen LogP contribution in [0.25, 0.3) is 22.2 Å². The number of likely N-dealkylation sites (tertiary alicyclic amines) is 1. The van der Waals surface area contributed by atoms with Crippen molar-refractivity contribution in [1.82, 2.24) is 24.5 Å². The number of hydrogen-bond acceptors (Lipinski definition) is 8. The van der Waals surface area contributed by atoms with Gasteiger partial charge in [-0.25, -0.2) is 14.8 Å². The lowest BCUT2D eigenvalue weighted by atomic mass is 9.94. The van der Waals surface area contributed by atoms with E-state index in [9.17, 15) is 22.8 Å². The van der Waals surface area contributed by atoms with Crippen LogP contribution in [0.2, 0.25) is 0 Å². The van der Waals surface area contributed by atoms with Crippen LogP contribution in [0.5, 0.6) is 5.75 Å². The molecule has 1 atom stereocenters. The molecule has 0 bridgehead atoms. The molecule has 1 unspecified atom stereocenters. The Bertz CT molecular complexity index is 1400. The molecule has 2 aliphatic rings. The Hall–Kier alpha value is -4.13. The highest BCUT2D eigenvalue weighted by Gasteiger charge is 2.44. The molecule has 2 aromatic heterocycles. The second-order valence-corrected chi connectivity index (χ2v) is 9.24. The summed E-state index contributed by atoms with van der Waals surface area (Å²) in [6.07, 6.45) is -1.98. The molecule has 4 heterocycles. The van der Waals surface area contributed by atoms with E-state index in [1.165, 1.54) is 12.4 Å². The van der Waals surface area contributed by atoms with Crippen molar-refractivity contribution in [1.29, 1.82) is 0 Å². The number of hydrogen-bond donors (Lipinski definition) is 1. The Morgan fingerprint density at radius 1 is 1.16 bits per heavy atom. The highest BCUT2D eigenvalue weighted by molar-refractivity contribution is 6.02. The van der Waals surface area contributed by atoms with Crippen LogP contribution >= 0.6 is 0 Å². The lowest BCUT2D eigenvalue weighted by Gasteiger charge is -2.36. The zero-order valence-corrected chi connectivity index (χ0v) is 20.4. The lowest BCUT2D eigenvalue weighted by molar-refractivity contribution is -0.262. The molecule has 0 aliphatic carbocycles. The van der Waals surface area contributed by atoms with E-state index >= 15 is 0 Å². The van der Waals surface area contributed by atoms with Crippen molar-refractivity contribution < 1.29 is 32.3 Å². The fourth-order valence-electron chi connectivity index (χ4n) is 4.99. The van der Waals surface area contributed by atoms with Gasteiger partial charge in [0.25, 0.3) is 0 Å². The minimum atomic E-state index is -5.05. The zero-order chi connectivity index (χ0) is 27.2. The Labute approximate surface area is 215 Å². The summed E-state index contributed by atoms with van der Waals surface area (Å²) >= 11 is 0. The molecule has 2 N–H and O–H groups in total. The second kappa shape index (κ2) is 9.63. The first kappa shape index (κ1) is 25.5. The largest absolute Gasteiger partial charge is 0.492 e. The monoisotopic (exact) mass is 530 g/mol. The van der Waals surface area contributed by atoms with Gasteiger partial charge in [0.15, 0.2) is 0 Å². The van der Waals surface area contributed by atoms with E-state index in [1.54, 1.807) is 17.0 Å². The normalized spacial score (nSPS) is 18.4. The molecule has 0 radical (unpaired) electrons. The fraction of sp³-hybridized carbons (Fsp3) is 0.360. The van der Waals surface area contributed by atoms with Gasteiger partial charge in [0.05, 0.1) is 18.5 Å². The number of fused-ring (bicyclic) bond motifs is 1.